The van der Waals surface area contributed by atoms with Crippen LogP contribution in [0.15, 0.2) is 54.6 Å². The average Bonchev–Trinajstić information content (AvgIpc) is 3.02. The highest BCUT2D eigenvalue weighted by Gasteiger charge is 2.10. The number of tetrazole rings is 1. The predicted octanol–water partition coefficient (Wildman–Crippen LogP) is 2.25. The Hall–Kier alpha value is -2.73. The zero-order valence-electron chi connectivity index (χ0n) is 11.5. The van der Waals surface area contributed by atoms with Crippen LogP contribution >= 0.6 is 11.6 Å². The summed E-state index contributed by atoms with van der Waals surface area (Å²) >= 11 is 5.87. The van der Waals surface area contributed by atoms with E-state index in [2.05, 4.69) is 20.8 Å². The predicted molar refractivity (Wildman–Crippen MR) is 81.8 cm³/mol. The molecule has 0 unspecified atom stereocenters. The summed E-state index contributed by atoms with van der Waals surface area (Å²) in [5, 5.41) is 14.9. The van der Waals surface area contributed by atoms with Gasteiger partial charge in [0.1, 0.15) is 0 Å². The number of nitrogens with zero attached hydrogens (tertiary/aromatic N) is 4. The number of aromatic nitrogens is 4. The van der Waals surface area contributed by atoms with Crippen LogP contribution in [0, 0.1) is 0 Å². The van der Waals surface area contributed by atoms with Crippen molar-refractivity contribution < 1.29 is 4.79 Å². The van der Waals surface area contributed by atoms with Gasteiger partial charge in [0.05, 0.1) is 12.2 Å². The first-order chi connectivity index (χ1) is 10.7. The van der Waals surface area contributed by atoms with E-state index in [-0.39, 0.29) is 12.5 Å². The molecule has 1 heterocycles. The van der Waals surface area contributed by atoms with Crippen LogP contribution in [0.2, 0.25) is 5.02 Å². The van der Waals surface area contributed by atoms with Crippen LogP contribution in [-0.4, -0.2) is 26.1 Å². The molecule has 0 fully saturated rings. The zero-order valence-corrected chi connectivity index (χ0v) is 12.2. The third-order valence-corrected chi connectivity index (χ3v) is 3.30. The first-order valence-corrected chi connectivity index (χ1v) is 6.98. The normalized spacial score (nSPS) is 10.4. The van der Waals surface area contributed by atoms with Gasteiger partial charge in [-0.05, 0) is 46.8 Å². The summed E-state index contributed by atoms with van der Waals surface area (Å²) in [4.78, 5) is 12.0. The number of amides is 1. The first-order valence-electron chi connectivity index (χ1n) is 6.60. The third-order valence-electron chi connectivity index (χ3n) is 3.05. The van der Waals surface area contributed by atoms with Gasteiger partial charge in [-0.3, -0.25) is 4.79 Å². The van der Waals surface area contributed by atoms with Gasteiger partial charge in [-0.15, -0.1) is 5.10 Å². The van der Waals surface area contributed by atoms with E-state index in [9.17, 15) is 4.79 Å². The van der Waals surface area contributed by atoms with Gasteiger partial charge in [-0.1, -0.05) is 29.8 Å². The Morgan fingerprint density at radius 1 is 1.09 bits per heavy atom. The second kappa shape index (κ2) is 6.36. The second-order valence-electron chi connectivity index (χ2n) is 4.53. The van der Waals surface area contributed by atoms with Crippen molar-refractivity contribution in [3.63, 3.8) is 0 Å². The molecule has 1 amide bonds. The van der Waals surface area contributed by atoms with Gasteiger partial charge in [0.2, 0.25) is 0 Å². The lowest BCUT2D eigenvalue weighted by molar-refractivity contribution is 0.0949. The number of hydrogen-bond acceptors (Lipinski definition) is 4. The minimum Gasteiger partial charge on any atom is -0.345 e. The van der Waals surface area contributed by atoms with E-state index in [1.54, 1.807) is 41.1 Å². The van der Waals surface area contributed by atoms with Gasteiger partial charge in [0.15, 0.2) is 5.82 Å². The van der Waals surface area contributed by atoms with Crippen molar-refractivity contribution in [2.75, 3.05) is 0 Å². The summed E-state index contributed by atoms with van der Waals surface area (Å²) in [7, 11) is 0. The fourth-order valence-corrected chi connectivity index (χ4v) is 2.08. The Labute approximate surface area is 131 Å². The molecule has 0 saturated heterocycles. The Morgan fingerprint density at radius 2 is 1.82 bits per heavy atom. The third kappa shape index (κ3) is 3.12. The van der Waals surface area contributed by atoms with E-state index in [0.29, 0.717) is 16.4 Å². The molecule has 3 rings (SSSR count). The standard InChI is InChI=1S/C15H12ClN5O/c16-12-6-8-13(9-7-12)21-14(18-19-20-21)10-17-15(22)11-4-2-1-3-5-11/h1-9H,10H2,(H,17,22). The maximum atomic E-state index is 12.0. The number of carbonyl (C=O) groups is 1. The van der Waals surface area contributed by atoms with Gasteiger partial charge in [-0.2, -0.15) is 4.68 Å². The summed E-state index contributed by atoms with van der Waals surface area (Å²) in [6.45, 7) is 0.226. The summed E-state index contributed by atoms with van der Waals surface area (Å²) in [6.07, 6.45) is 0. The number of halogens is 1. The highest BCUT2D eigenvalue weighted by atomic mass is 35.5. The highest BCUT2D eigenvalue weighted by Crippen LogP contribution is 2.13. The number of hydrogen-bond donors (Lipinski definition) is 1. The monoisotopic (exact) mass is 313 g/mol. The molecular formula is C15H12ClN5O. The maximum Gasteiger partial charge on any atom is 0.251 e. The molecule has 0 radical (unpaired) electrons. The van der Waals surface area contributed by atoms with Gasteiger partial charge >= 0.3 is 0 Å². The van der Waals surface area contributed by atoms with Gasteiger partial charge in [0, 0.05) is 10.6 Å². The van der Waals surface area contributed by atoms with Gasteiger partial charge < -0.3 is 5.32 Å². The molecule has 0 aliphatic rings. The van der Waals surface area contributed by atoms with E-state index in [0.717, 1.165) is 5.69 Å². The lowest BCUT2D eigenvalue weighted by atomic mass is 10.2. The Bertz CT molecular complexity index is 770. The number of rotatable bonds is 4. The fourth-order valence-electron chi connectivity index (χ4n) is 1.95. The van der Waals surface area contributed by atoms with Crippen molar-refractivity contribution in [2.24, 2.45) is 0 Å². The fraction of sp³-hybridized carbons (Fsp3) is 0.0667. The Kier molecular flexibility index (Phi) is 4.11. The molecule has 0 saturated carbocycles. The summed E-state index contributed by atoms with van der Waals surface area (Å²) in [5.41, 5.74) is 1.37. The molecule has 0 spiro atoms. The number of carbonyl (C=O) groups excluding carboxylic acids is 1. The van der Waals surface area contributed by atoms with E-state index in [1.165, 1.54) is 0 Å². The van der Waals surface area contributed by atoms with E-state index in [1.807, 2.05) is 18.2 Å². The van der Waals surface area contributed by atoms with Crippen LogP contribution in [0.3, 0.4) is 0 Å². The molecule has 1 aromatic heterocycles. The van der Waals surface area contributed by atoms with E-state index >= 15 is 0 Å². The number of benzene rings is 2. The van der Waals surface area contributed by atoms with E-state index in [4.69, 9.17) is 11.6 Å². The SMILES string of the molecule is O=C(NCc1nnnn1-c1ccc(Cl)cc1)c1ccccc1. The van der Waals surface area contributed by atoms with Crippen molar-refractivity contribution in [1.82, 2.24) is 25.5 Å². The summed E-state index contributed by atoms with van der Waals surface area (Å²) < 4.78 is 1.56. The molecular weight excluding hydrogens is 302 g/mol. The molecule has 0 bridgehead atoms. The lowest BCUT2D eigenvalue weighted by Gasteiger charge is -2.06. The lowest BCUT2D eigenvalue weighted by Crippen LogP contribution is -2.24. The molecule has 0 aliphatic heterocycles. The molecule has 6 nitrogen and oxygen atoms in total. The van der Waals surface area contributed by atoms with Crippen molar-refractivity contribution in [3.8, 4) is 5.69 Å². The maximum absolute atomic E-state index is 12.0. The minimum absolute atomic E-state index is 0.175. The summed E-state index contributed by atoms with van der Waals surface area (Å²) in [5.74, 6) is 0.359. The molecule has 22 heavy (non-hydrogen) atoms. The average molecular weight is 314 g/mol. The van der Waals surface area contributed by atoms with Crippen LogP contribution in [0.25, 0.3) is 5.69 Å². The van der Waals surface area contributed by atoms with Crippen molar-refractivity contribution >= 4 is 17.5 Å². The quantitative estimate of drug-likeness (QED) is 0.802. The molecule has 1 N–H and O–H groups in total. The van der Waals surface area contributed by atoms with Gasteiger partial charge in [-0.25, -0.2) is 0 Å². The molecule has 110 valence electrons. The topological polar surface area (TPSA) is 72.7 Å². The number of nitrogens with one attached hydrogen (secondary N) is 1. The van der Waals surface area contributed by atoms with Crippen LogP contribution in [0.4, 0.5) is 0 Å². The summed E-state index contributed by atoms with van der Waals surface area (Å²) in [6, 6.07) is 16.1. The highest BCUT2D eigenvalue weighted by molar-refractivity contribution is 6.30. The largest absolute Gasteiger partial charge is 0.345 e. The first kappa shape index (κ1) is 14.2. The van der Waals surface area contributed by atoms with Gasteiger partial charge in [0.25, 0.3) is 5.91 Å². The molecule has 0 atom stereocenters. The Balaban J connectivity index is 1.73. The van der Waals surface area contributed by atoms with Crippen LogP contribution in [-0.2, 0) is 6.54 Å². The molecule has 2 aromatic carbocycles. The molecule has 7 heteroatoms. The smallest absolute Gasteiger partial charge is 0.251 e. The van der Waals surface area contributed by atoms with Crippen LogP contribution in [0.1, 0.15) is 16.2 Å². The minimum atomic E-state index is -0.175. The Morgan fingerprint density at radius 3 is 2.55 bits per heavy atom. The van der Waals surface area contributed by atoms with Crippen LogP contribution < -0.4 is 5.32 Å². The van der Waals surface area contributed by atoms with Crippen LogP contribution in [0.5, 0.6) is 0 Å². The van der Waals surface area contributed by atoms with Crippen molar-refractivity contribution in [2.45, 2.75) is 6.54 Å². The van der Waals surface area contributed by atoms with E-state index < -0.39 is 0 Å². The second-order valence-corrected chi connectivity index (χ2v) is 4.97. The molecule has 0 aliphatic carbocycles. The van der Waals surface area contributed by atoms with Crippen molar-refractivity contribution in [1.29, 1.82) is 0 Å². The molecule has 3 aromatic rings. The van der Waals surface area contributed by atoms with Crippen molar-refractivity contribution in [3.05, 3.63) is 71.0 Å². The zero-order chi connectivity index (χ0) is 15.4.